The molecule has 2 rings (SSSR count). The second kappa shape index (κ2) is 6.34. The van der Waals surface area contributed by atoms with E-state index in [0.717, 1.165) is 12.0 Å². The van der Waals surface area contributed by atoms with Crippen LogP contribution in [0.25, 0.3) is 0 Å². The largest absolute Gasteiger partial charge is 0.573 e. The monoisotopic (exact) mass is 302 g/mol. The van der Waals surface area contributed by atoms with Crippen LogP contribution in [0, 0.1) is 0 Å². The molecule has 1 aromatic rings. The molecule has 0 bridgehead atoms. The van der Waals surface area contributed by atoms with Crippen molar-refractivity contribution in [2.75, 3.05) is 6.54 Å². The van der Waals surface area contributed by atoms with Crippen LogP contribution in [0.3, 0.4) is 0 Å². The van der Waals surface area contributed by atoms with Crippen molar-refractivity contribution in [2.45, 2.75) is 38.2 Å². The van der Waals surface area contributed by atoms with Gasteiger partial charge in [-0.25, -0.2) is 0 Å². The van der Waals surface area contributed by atoms with Gasteiger partial charge in [0.1, 0.15) is 5.75 Å². The number of hydrogen-bond donors (Lipinski definition) is 2. The lowest BCUT2D eigenvalue weighted by atomic mass is 10.1. The summed E-state index contributed by atoms with van der Waals surface area (Å²) in [6.07, 6.45) is -3.33. The Kier molecular flexibility index (Phi) is 4.72. The Labute approximate surface area is 120 Å². The van der Waals surface area contributed by atoms with Gasteiger partial charge in [-0.05, 0) is 31.0 Å². The van der Waals surface area contributed by atoms with Crippen LogP contribution in [0.1, 0.15) is 31.4 Å². The van der Waals surface area contributed by atoms with Crippen LogP contribution in [-0.4, -0.2) is 24.9 Å². The number of ether oxygens (including phenoxy) is 1. The third-order valence-electron chi connectivity index (χ3n) is 3.37. The first-order valence-electron chi connectivity index (χ1n) is 6.72. The van der Waals surface area contributed by atoms with Crippen LogP contribution in [0.15, 0.2) is 24.3 Å². The van der Waals surface area contributed by atoms with Crippen molar-refractivity contribution in [3.05, 3.63) is 29.8 Å². The van der Waals surface area contributed by atoms with E-state index < -0.39 is 6.36 Å². The van der Waals surface area contributed by atoms with Crippen LogP contribution >= 0.6 is 0 Å². The molecule has 2 unspecified atom stereocenters. The zero-order chi connectivity index (χ0) is 15.5. The van der Waals surface area contributed by atoms with E-state index in [9.17, 15) is 18.0 Å². The highest BCUT2D eigenvalue weighted by molar-refractivity contribution is 5.78. The summed E-state index contributed by atoms with van der Waals surface area (Å²) in [6.45, 7) is 2.55. The number of carbonyl (C=O) groups excluding carboxylic acids is 1. The van der Waals surface area contributed by atoms with Gasteiger partial charge < -0.3 is 15.4 Å². The SMILES string of the molecule is CC(NCC1CCC(=O)N1)c1ccc(OC(F)(F)F)cc1. The van der Waals surface area contributed by atoms with Crippen molar-refractivity contribution in [3.8, 4) is 5.75 Å². The zero-order valence-corrected chi connectivity index (χ0v) is 11.5. The molecule has 1 aliphatic heterocycles. The highest BCUT2D eigenvalue weighted by Crippen LogP contribution is 2.24. The summed E-state index contributed by atoms with van der Waals surface area (Å²) in [6, 6.07) is 5.85. The summed E-state index contributed by atoms with van der Waals surface area (Å²) in [7, 11) is 0. The summed E-state index contributed by atoms with van der Waals surface area (Å²) in [5.41, 5.74) is 0.855. The smallest absolute Gasteiger partial charge is 0.406 e. The summed E-state index contributed by atoms with van der Waals surface area (Å²) in [4.78, 5) is 11.1. The molecular formula is C14H17F3N2O2. The fourth-order valence-electron chi connectivity index (χ4n) is 2.23. The van der Waals surface area contributed by atoms with E-state index in [1.165, 1.54) is 12.1 Å². The molecule has 1 aromatic carbocycles. The van der Waals surface area contributed by atoms with Gasteiger partial charge in [-0.1, -0.05) is 12.1 Å². The van der Waals surface area contributed by atoms with Crippen molar-refractivity contribution in [2.24, 2.45) is 0 Å². The number of carbonyl (C=O) groups is 1. The first-order chi connectivity index (χ1) is 9.83. The predicted octanol–water partition coefficient (Wildman–Crippen LogP) is 2.51. The lowest BCUT2D eigenvalue weighted by molar-refractivity contribution is -0.274. The minimum Gasteiger partial charge on any atom is -0.406 e. The number of rotatable bonds is 5. The summed E-state index contributed by atoms with van der Waals surface area (Å²) in [5, 5.41) is 6.10. The zero-order valence-electron chi connectivity index (χ0n) is 11.5. The molecule has 1 fully saturated rings. The highest BCUT2D eigenvalue weighted by atomic mass is 19.4. The van der Waals surface area contributed by atoms with E-state index in [-0.39, 0.29) is 23.7 Å². The van der Waals surface area contributed by atoms with E-state index >= 15 is 0 Å². The Hall–Kier alpha value is -1.76. The number of nitrogens with one attached hydrogen (secondary N) is 2. The Morgan fingerprint density at radius 1 is 1.38 bits per heavy atom. The van der Waals surface area contributed by atoms with Crippen molar-refractivity contribution in [3.63, 3.8) is 0 Å². The fraction of sp³-hybridized carbons (Fsp3) is 0.500. The van der Waals surface area contributed by atoms with Crippen LogP contribution in [0.5, 0.6) is 5.75 Å². The molecule has 21 heavy (non-hydrogen) atoms. The summed E-state index contributed by atoms with van der Waals surface area (Å²) >= 11 is 0. The molecule has 0 radical (unpaired) electrons. The lowest BCUT2D eigenvalue weighted by Gasteiger charge is -2.18. The highest BCUT2D eigenvalue weighted by Gasteiger charge is 2.31. The van der Waals surface area contributed by atoms with Crippen molar-refractivity contribution >= 4 is 5.91 Å². The maximum Gasteiger partial charge on any atom is 0.573 e. The molecule has 1 aliphatic rings. The van der Waals surface area contributed by atoms with Crippen molar-refractivity contribution < 1.29 is 22.7 Å². The Morgan fingerprint density at radius 3 is 2.57 bits per heavy atom. The van der Waals surface area contributed by atoms with Crippen LogP contribution in [0.4, 0.5) is 13.2 Å². The second-order valence-corrected chi connectivity index (χ2v) is 5.05. The first-order valence-corrected chi connectivity index (χ1v) is 6.72. The van der Waals surface area contributed by atoms with Gasteiger partial charge >= 0.3 is 6.36 Å². The molecule has 4 nitrogen and oxygen atoms in total. The first kappa shape index (κ1) is 15.6. The van der Waals surface area contributed by atoms with Gasteiger partial charge in [0.15, 0.2) is 0 Å². The van der Waals surface area contributed by atoms with Gasteiger partial charge in [0.25, 0.3) is 0 Å². The Morgan fingerprint density at radius 2 is 2.05 bits per heavy atom. The average molecular weight is 302 g/mol. The third-order valence-corrected chi connectivity index (χ3v) is 3.37. The van der Waals surface area contributed by atoms with Crippen LogP contribution in [-0.2, 0) is 4.79 Å². The molecule has 2 atom stereocenters. The molecule has 7 heteroatoms. The molecule has 2 N–H and O–H groups in total. The summed E-state index contributed by atoms with van der Waals surface area (Å²) in [5.74, 6) is -0.176. The van der Waals surface area contributed by atoms with E-state index in [0.29, 0.717) is 13.0 Å². The van der Waals surface area contributed by atoms with Gasteiger partial charge in [0.2, 0.25) is 5.91 Å². The molecular weight excluding hydrogens is 285 g/mol. The quantitative estimate of drug-likeness (QED) is 0.878. The maximum atomic E-state index is 12.1. The third kappa shape index (κ3) is 4.93. The minimum atomic E-state index is -4.67. The van der Waals surface area contributed by atoms with E-state index in [4.69, 9.17) is 0 Å². The van der Waals surface area contributed by atoms with E-state index in [1.54, 1.807) is 12.1 Å². The minimum absolute atomic E-state index is 0.0255. The molecule has 0 saturated carbocycles. The number of hydrogen-bond acceptors (Lipinski definition) is 3. The Bertz CT molecular complexity index is 488. The van der Waals surface area contributed by atoms with Gasteiger partial charge in [-0.3, -0.25) is 4.79 Å². The number of alkyl halides is 3. The molecule has 116 valence electrons. The molecule has 0 spiro atoms. The fourth-order valence-corrected chi connectivity index (χ4v) is 2.23. The second-order valence-electron chi connectivity index (χ2n) is 5.05. The standard InChI is InChI=1S/C14H17F3N2O2/c1-9(18-8-11-4-7-13(20)19-11)10-2-5-12(6-3-10)21-14(15,16)17/h2-3,5-6,9,11,18H,4,7-8H2,1H3,(H,19,20). The number of benzene rings is 1. The predicted molar refractivity (Wildman–Crippen MR) is 70.7 cm³/mol. The number of halogens is 3. The summed E-state index contributed by atoms with van der Waals surface area (Å²) < 4.78 is 40.0. The van der Waals surface area contributed by atoms with Gasteiger partial charge in [-0.15, -0.1) is 13.2 Å². The van der Waals surface area contributed by atoms with Gasteiger partial charge in [0.05, 0.1) is 0 Å². The molecule has 1 amide bonds. The Balaban J connectivity index is 1.84. The van der Waals surface area contributed by atoms with Crippen molar-refractivity contribution in [1.29, 1.82) is 0 Å². The molecule has 0 aromatic heterocycles. The van der Waals surface area contributed by atoms with Gasteiger partial charge in [0, 0.05) is 25.0 Å². The molecule has 1 saturated heterocycles. The normalized spacial score (nSPS) is 20.2. The number of amides is 1. The van der Waals surface area contributed by atoms with E-state index in [1.807, 2.05) is 6.92 Å². The van der Waals surface area contributed by atoms with E-state index in [2.05, 4.69) is 15.4 Å². The van der Waals surface area contributed by atoms with Gasteiger partial charge in [-0.2, -0.15) is 0 Å². The molecule has 0 aliphatic carbocycles. The molecule has 1 heterocycles. The lowest BCUT2D eigenvalue weighted by Crippen LogP contribution is -2.36. The maximum absolute atomic E-state index is 12.1. The topological polar surface area (TPSA) is 50.4 Å². The van der Waals surface area contributed by atoms with Crippen molar-refractivity contribution in [1.82, 2.24) is 10.6 Å². The van der Waals surface area contributed by atoms with Crippen LogP contribution < -0.4 is 15.4 Å². The average Bonchev–Trinajstić information content (AvgIpc) is 2.81. The van der Waals surface area contributed by atoms with Crippen LogP contribution in [0.2, 0.25) is 0 Å².